The highest BCUT2D eigenvalue weighted by Gasteiger charge is 2.34. The Labute approximate surface area is 124 Å². The van der Waals surface area contributed by atoms with Crippen molar-refractivity contribution in [1.82, 2.24) is 10.2 Å². The van der Waals surface area contributed by atoms with Gasteiger partial charge >= 0.3 is 0 Å². The summed E-state index contributed by atoms with van der Waals surface area (Å²) in [5.41, 5.74) is 1.26. The molecule has 1 aromatic rings. The van der Waals surface area contributed by atoms with E-state index in [2.05, 4.69) is 10.2 Å². The van der Waals surface area contributed by atoms with Crippen LogP contribution in [0, 0.1) is 0 Å². The molecule has 1 saturated carbocycles. The Morgan fingerprint density at radius 3 is 2.30 bits per heavy atom. The van der Waals surface area contributed by atoms with Gasteiger partial charge in [0.25, 0.3) is 6.43 Å². The molecule has 1 N–H and O–H groups in total. The second-order valence-electron chi connectivity index (χ2n) is 5.59. The van der Waals surface area contributed by atoms with Crippen LogP contribution in [0.3, 0.4) is 0 Å². The van der Waals surface area contributed by atoms with E-state index in [4.69, 9.17) is 0 Å². The average molecular weight is 303 g/mol. The zero-order chi connectivity index (χ0) is 13.2. The first-order valence-electron chi connectivity index (χ1n) is 7.07. The molecular weight excluding hydrogens is 282 g/mol. The maximum absolute atomic E-state index is 12.5. The van der Waals surface area contributed by atoms with Crippen molar-refractivity contribution in [1.29, 1.82) is 0 Å². The highest BCUT2D eigenvalue weighted by Crippen LogP contribution is 2.32. The van der Waals surface area contributed by atoms with E-state index in [1.165, 1.54) is 19.3 Å². The van der Waals surface area contributed by atoms with Gasteiger partial charge in [0, 0.05) is 30.7 Å². The van der Waals surface area contributed by atoms with E-state index in [1.807, 2.05) is 12.1 Å². The predicted molar refractivity (Wildman–Crippen MR) is 78.5 cm³/mol. The molecule has 1 saturated heterocycles. The third kappa shape index (κ3) is 3.68. The van der Waals surface area contributed by atoms with E-state index in [1.54, 1.807) is 12.1 Å². The number of hydrogen-bond donors (Lipinski definition) is 1. The molecule has 1 atom stereocenters. The van der Waals surface area contributed by atoms with Crippen molar-refractivity contribution in [3.8, 4) is 0 Å². The summed E-state index contributed by atoms with van der Waals surface area (Å²) >= 11 is 0. The third-order valence-electron chi connectivity index (χ3n) is 4.12. The summed E-state index contributed by atoms with van der Waals surface area (Å²) in [6, 6.07) is 8.12. The van der Waals surface area contributed by atoms with Crippen LogP contribution in [0.25, 0.3) is 0 Å². The SMILES string of the molecule is Cl.FC(F)c1ccc(CN(C2CC2)C2CCNC2)cc1. The summed E-state index contributed by atoms with van der Waals surface area (Å²) in [6.45, 7) is 3.05. The molecule has 0 radical (unpaired) electrons. The standard InChI is InChI=1S/C15H20F2N2.ClH/c16-15(17)12-3-1-11(2-4-12)10-19(13-5-6-13)14-7-8-18-9-14;/h1-4,13-15,18H,5-10H2;1H. The zero-order valence-corrected chi connectivity index (χ0v) is 12.2. The van der Waals surface area contributed by atoms with Crippen molar-refractivity contribution in [2.75, 3.05) is 13.1 Å². The summed E-state index contributed by atoms with van der Waals surface area (Å²) in [6.07, 6.45) is 1.40. The molecule has 1 aliphatic heterocycles. The quantitative estimate of drug-likeness (QED) is 0.897. The van der Waals surface area contributed by atoms with Gasteiger partial charge in [0.2, 0.25) is 0 Å². The normalized spacial score (nSPS) is 22.3. The van der Waals surface area contributed by atoms with E-state index in [0.717, 1.165) is 25.2 Å². The van der Waals surface area contributed by atoms with Gasteiger partial charge in [-0.15, -0.1) is 12.4 Å². The molecule has 112 valence electrons. The van der Waals surface area contributed by atoms with Crippen molar-refractivity contribution in [2.24, 2.45) is 0 Å². The van der Waals surface area contributed by atoms with Crippen LogP contribution >= 0.6 is 12.4 Å². The van der Waals surface area contributed by atoms with Gasteiger partial charge in [-0.2, -0.15) is 0 Å². The van der Waals surface area contributed by atoms with Gasteiger partial charge in [-0.05, 0) is 31.4 Å². The lowest BCUT2D eigenvalue weighted by Gasteiger charge is -2.28. The van der Waals surface area contributed by atoms with E-state index in [0.29, 0.717) is 12.1 Å². The molecular formula is C15H21ClF2N2. The topological polar surface area (TPSA) is 15.3 Å². The minimum atomic E-state index is -2.37. The molecule has 0 spiro atoms. The van der Waals surface area contributed by atoms with Gasteiger partial charge < -0.3 is 5.32 Å². The maximum Gasteiger partial charge on any atom is 0.263 e. The fourth-order valence-electron chi connectivity index (χ4n) is 2.86. The predicted octanol–water partition coefficient (Wildman–Crippen LogP) is 3.37. The van der Waals surface area contributed by atoms with Crippen LogP contribution in [-0.2, 0) is 6.54 Å². The fraction of sp³-hybridized carbons (Fsp3) is 0.600. The molecule has 1 unspecified atom stereocenters. The Bertz CT molecular complexity index is 414. The lowest BCUT2D eigenvalue weighted by molar-refractivity contribution is 0.151. The molecule has 1 heterocycles. The number of hydrogen-bond acceptors (Lipinski definition) is 2. The minimum absolute atomic E-state index is 0. The largest absolute Gasteiger partial charge is 0.315 e. The number of alkyl halides is 2. The molecule has 1 aromatic carbocycles. The summed E-state index contributed by atoms with van der Waals surface area (Å²) in [4.78, 5) is 2.55. The summed E-state index contributed by atoms with van der Waals surface area (Å²) in [5, 5.41) is 3.40. The zero-order valence-electron chi connectivity index (χ0n) is 11.4. The van der Waals surface area contributed by atoms with Crippen molar-refractivity contribution < 1.29 is 8.78 Å². The highest BCUT2D eigenvalue weighted by molar-refractivity contribution is 5.85. The highest BCUT2D eigenvalue weighted by atomic mass is 35.5. The number of nitrogens with zero attached hydrogens (tertiary/aromatic N) is 1. The third-order valence-corrected chi connectivity index (χ3v) is 4.12. The van der Waals surface area contributed by atoms with Crippen molar-refractivity contribution in [3.05, 3.63) is 35.4 Å². The number of rotatable bonds is 5. The molecule has 1 aliphatic carbocycles. The van der Waals surface area contributed by atoms with Crippen LogP contribution < -0.4 is 5.32 Å². The van der Waals surface area contributed by atoms with E-state index in [9.17, 15) is 8.78 Å². The van der Waals surface area contributed by atoms with Gasteiger partial charge in [-0.1, -0.05) is 24.3 Å². The molecule has 0 aromatic heterocycles. The summed E-state index contributed by atoms with van der Waals surface area (Å²) in [5.74, 6) is 0. The first-order valence-corrected chi connectivity index (χ1v) is 7.07. The summed E-state index contributed by atoms with van der Waals surface area (Å²) in [7, 11) is 0. The maximum atomic E-state index is 12.5. The van der Waals surface area contributed by atoms with Crippen LogP contribution in [0.15, 0.2) is 24.3 Å². The number of benzene rings is 1. The number of halogens is 3. The van der Waals surface area contributed by atoms with Crippen LogP contribution in [0.5, 0.6) is 0 Å². The second kappa shape index (κ2) is 6.83. The lowest BCUT2D eigenvalue weighted by atomic mass is 10.1. The molecule has 3 rings (SSSR count). The minimum Gasteiger partial charge on any atom is -0.315 e. The second-order valence-corrected chi connectivity index (χ2v) is 5.59. The van der Waals surface area contributed by atoms with Crippen LogP contribution in [0.2, 0.25) is 0 Å². The lowest BCUT2D eigenvalue weighted by Crippen LogP contribution is -2.38. The Morgan fingerprint density at radius 2 is 1.80 bits per heavy atom. The molecule has 20 heavy (non-hydrogen) atoms. The van der Waals surface area contributed by atoms with Crippen LogP contribution in [0.4, 0.5) is 8.78 Å². The van der Waals surface area contributed by atoms with Gasteiger partial charge in [-0.3, -0.25) is 4.90 Å². The van der Waals surface area contributed by atoms with Gasteiger partial charge in [0.1, 0.15) is 0 Å². The number of nitrogens with one attached hydrogen (secondary N) is 1. The smallest absolute Gasteiger partial charge is 0.263 e. The Hall–Kier alpha value is -0.710. The molecule has 5 heteroatoms. The van der Waals surface area contributed by atoms with E-state index in [-0.39, 0.29) is 18.0 Å². The summed E-state index contributed by atoms with van der Waals surface area (Å²) < 4.78 is 25.1. The fourth-order valence-corrected chi connectivity index (χ4v) is 2.86. The first-order chi connectivity index (χ1) is 9.24. The van der Waals surface area contributed by atoms with Crippen LogP contribution in [0.1, 0.15) is 36.8 Å². The van der Waals surface area contributed by atoms with Gasteiger partial charge in [0.05, 0.1) is 0 Å². The Morgan fingerprint density at radius 1 is 1.10 bits per heavy atom. The molecule has 0 amide bonds. The van der Waals surface area contributed by atoms with Gasteiger partial charge in [-0.25, -0.2) is 8.78 Å². The van der Waals surface area contributed by atoms with Crippen molar-refractivity contribution in [3.63, 3.8) is 0 Å². The molecule has 2 fully saturated rings. The average Bonchev–Trinajstić information content (AvgIpc) is 3.11. The van der Waals surface area contributed by atoms with Crippen LogP contribution in [-0.4, -0.2) is 30.1 Å². The van der Waals surface area contributed by atoms with Crippen molar-refractivity contribution >= 4 is 12.4 Å². The molecule has 2 aliphatic rings. The molecule has 0 bridgehead atoms. The monoisotopic (exact) mass is 302 g/mol. The molecule has 2 nitrogen and oxygen atoms in total. The Balaban J connectivity index is 0.00000147. The van der Waals surface area contributed by atoms with E-state index >= 15 is 0 Å². The first kappa shape index (κ1) is 15.7. The van der Waals surface area contributed by atoms with Crippen molar-refractivity contribution in [2.45, 2.75) is 44.3 Å². The van der Waals surface area contributed by atoms with E-state index < -0.39 is 6.43 Å². The Kier molecular flexibility index (Phi) is 5.35. The van der Waals surface area contributed by atoms with Gasteiger partial charge in [0.15, 0.2) is 0 Å².